The molecule has 0 unspecified atom stereocenters. The third kappa shape index (κ3) is 3.71. The molecule has 8 heteroatoms. The minimum atomic E-state index is -0.606. The van der Waals surface area contributed by atoms with Crippen LogP contribution in [0.15, 0.2) is 79.8 Å². The van der Waals surface area contributed by atoms with Gasteiger partial charge in [-0.15, -0.1) is 0 Å². The third-order valence-electron chi connectivity index (χ3n) is 4.79. The number of nitrogens with zero attached hydrogens (tertiary/aromatic N) is 4. The number of aromatic nitrogens is 4. The molecule has 0 aliphatic rings. The average molecular weight is 417 g/mol. The zero-order valence-corrected chi connectivity index (χ0v) is 16.5. The van der Waals surface area contributed by atoms with Crippen LogP contribution >= 0.6 is 0 Å². The Balaban J connectivity index is 0.000000645. The van der Waals surface area contributed by atoms with Crippen molar-refractivity contribution in [2.24, 2.45) is 12.0 Å². The number of nitrogens with one attached hydrogen (secondary N) is 1. The summed E-state index contributed by atoms with van der Waals surface area (Å²) in [6, 6.07) is 18.7. The smallest absolute Gasteiger partial charge is 0.342 e. The van der Waals surface area contributed by atoms with Gasteiger partial charge in [-0.2, -0.15) is 0 Å². The molecule has 0 aliphatic heterocycles. The highest BCUT2D eigenvalue weighted by Gasteiger charge is 2.14. The predicted octanol–water partition coefficient (Wildman–Crippen LogP) is 3.78. The molecule has 0 radical (unpaired) electrons. The molecule has 0 amide bonds. The van der Waals surface area contributed by atoms with Crippen LogP contribution in [0.2, 0.25) is 0 Å². The van der Waals surface area contributed by atoms with Gasteiger partial charge in [0.2, 0.25) is 0 Å². The number of hydrogen-bond donors (Lipinski definition) is 1. The molecule has 3 heterocycles. The molecule has 0 atom stereocenters. The fraction of sp³-hybridized carbons (Fsp3) is 0.130. The van der Waals surface area contributed by atoms with Gasteiger partial charge in [-0.3, -0.25) is 18.9 Å². The Bertz CT molecular complexity index is 1470. The number of pyridine rings is 1. The van der Waals surface area contributed by atoms with Crippen LogP contribution in [0.3, 0.4) is 0 Å². The number of rotatable bonds is 2. The second-order valence-electron chi connectivity index (χ2n) is 6.62. The zero-order chi connectivity index (χ0) is 21.3. The Hall–Kier alpha value is -4.20. The lowest BCUT2D eigenvalue weighted by Crippen LogP contribution is -2.17. The fourth-order valence-electron chi connectivity index (χ4n) is 3.53. The van der Waals surface area contributed by atoms with Gasteiger partial charge in [0, 0.05) is 36.8 Å². The van der Waals surface area contributed by atoms with E-state index in [0.29, 0.717) is 11.4 Å². The van der Waals surface area contributed by atoms with E-state index in [0.717, 1.165) is 27.6 Å². The largest absolute Gasteiger partial charge is 0.439 e. The number of para-hydroxylation sites is 1. The number of aryl methyl sites for hydroxylation is 1. The number of aliphatic imine (C=N–C) groups is 1. The van der Waals surface area contributed by atoms with Crippen molar-refractivity contribution in [3.05, 3.63) is 81.6 Å². The molecule has 5 aromatic rings. The standard InChI is InChI=1S/C20H14N4O3.C2H5N.CH4/c1-23-15-5-3-2-4-14(15)18-16(23)10-11-17(25)24(18)13-8-6-12(7-9-13)19-21-20(26)27-22-19;1-3-2;/h2-11H,1H3,(H,21,22,26);1H2,2H3;1H4. The summed E-state index contributed by atoms with van der Waals surface area (Å²) in [7, 11) is 3.63. The molecule has 0 saturated carbocycles. The van der Waals surface area contributed by atoms with Gasteiger partial charge in [0.25, 0.3) is 5.56 Å². The van der Waals surface area contributed by atoms with Crippen LogP contribution in [0.4, 0.5) is 0 Å². The third-order valence-corrected chi connectivity index (χ3v) is 4.79. The number of hydrogen-bond acceptors (Lipinski definition) is 5. The highest BCUT2D eigenvalue weighted by molar-refractivity contribution is 6.06. The molecular weight excluding hydrogens is 394 g/mol. The second kappa shape index (κ2) is 8.66. The molecule has 5 rings (SSSR count). The van der Waals surface area contributed by atoms with E-state index in [-0.39, 0.29) is 13.0 Å². The van der Waals surface area contributed by atoms with Crippen LogP contribution in [-0.2, 0) is 7.05 Å². The molecular formula is C23H23N5O3. The van der Waals surface area contributed by atoms with Gasteiger partial charge in [0.05, 0.1) is 16.6 Å². The van der Waals surface area contributed by atoms with Gasteiger partial charge in [0.15, 0.2) is 5.82 Å². The average Bonchev–Trinajstić information content (AvgIpc) is 3.31. The van der Waals surface area contributed by atoms with Gasteiger partial charge >= 0.3 is 5.76 Å². The van der Waals surface area contributed by atoms with Gasteiger partial charge in [-0.25, -0.2) is 4.79 Å². The van der Waals surface area contributed by atoms with Crippen LogP contribution in [0.5, 0.6) is 0 Å². The summed E-state index contributed by atoms with van der Waals surface area (Å²) < 4.78 is 8.32. The minimum Gasteiger partial charge on any atom is -0.342 e. The van der Waals surface area contributed by atoms with Crippen LogP contribution in [0, 0.1) is 0 Å². The van der Waals surface area contributed by atoms with E-state index in [1.54, 1.807) is 29.8 Å². The van der Waals surface area contributed by atoms with Crippen molar-refractivity contribution >= 4 is 28.7 Å². The molecule has 0 spiro atoms. The molecule has 2 aromatic carbocycles. The van der Waals surface area contributed by atoms with Crippen LogP contribution in [-0.4, -0.2) is 33.0 Å². The van der Waals surface area contributed by atoms with Crippen molar-refractivity contribution in [3.63, 3.8) is 0 Å². The quantitative estimate of drug-likeness (QED) is 0.442. The normalized spacial score (nSPS) is 10.4. The molecule has 158 valence electrons. The summed E-state index contributed by atoms with van der Waals surface area (Å²) in [4.78, 5) is 29.6. The first-order chi connectivity index (χ1) is 14.5. The van der Waals surface area contributed by atoms with Gasteiger partial charge < -0.3 is 9.56 Å². The van der Waals surface area contributed by atoms with Gasteiger partial charge in [0.1, 0.15) is 0 Å². The Morgan fingerprint density at radius 2 is 1.68 bits per heavy atom. The predicted molar refractivity (Wildman–Crippen MR) is 124 cm³/mol. The maximum absolute atomic E-state index is 12.7. The Morgan fingerprint density at radius 3 is 2.32 bits per heavy atom. The lowest BCUT2D eigenvalue weighted by molar-refractivity contribution is 0.388. The minimum absolute atomic E-state index is 0. The lowest BCUT2D eigenvalue weighted by atomic mass is 10.1. The van der Waals surface area contributed by atoms with E-state index < -0.39 is 5.76 Å². The maximum Gasteiger partial charge on any atom is 0.439 e. The van der Waals surface area contributed by atoms with Crippen molar-refractivity contribution in [2.45, 2.75) is 7.43 Å². The Labute approximate surface area is 178 Å². The number of fused-ring (bicyclic) bond motifs is 3. The highest BCUT2D eigenvalue weighted by Crippen LogP contribution is 2.28. The molecule has 1 N–H and O–H groups in total. The van der Waals surface area contributed by atoms with Crippen LogP contribution < -0.4 is 11.3 Å². The maximum atomic E-state index is 12.7. The molecule has 3 aromatic heterocycles. The molecule has 0 saturated heterocycles. The molecule has 8 nitrogen and oxygen atoms in total. The molecule has 31 heavy (non-hydrogen) atoms. The van der Waals surface area contributed by atoms with Gasteiger partial charge in [-0.05, 0) is 43.1 Å². The Morgan fingerprint density at radius 1 is 1.00 bits per heavy atom. The fourth-order valence-corrected chi connectivity index (χ4v) is 3.53. The van der Waals surface area contributed by atoms with Crippen LogP contribution in [0.1, 0.15) is 7.43 Å². The van der Waals surface area contributed by atoms with Crippen molar-refractivity contribution in [1.29, 1.82) is 0 Å². The lowest BCUT2D eigenvalue weighted by Gasteiger charge is -2.09. The van der Waals surface area contributed by atoms with E-state index in [1.807, 2.05) is 49.5 Å². The van der Waals surface area contributed by atoms with Crippen molar-refractivity contribution in [1.82, 2.24) is 19.3 Å². The van der Waals surface area contributed by atoms with E-state index in [1.165, 1.54) is 0 Å². The van der Waals surface area contributed by atoms with Crippen molar-refractivity contribution in [2.75, 3.05) is 7.05 Å². The van der Waals surface area contributed by atoms with E-state index in [4.69, 9.17) is 0 Å². The van der Waals surface area contributed by atoms with Crippen molar-refractivity contribution in [3.8, 4) is 17.1 Å². The Kier molecular flexibility index (Phi) is 6.01. The van der Waals surface area contributed by atoms with Gasteiger partial charge in [-0.1, -0.05) is 30.8 Å². The summed E-state index contributed by atoms with van der Waals surface area (Å²) >= 11 is 0. The second-order valence-corrected chi connectivity index (χ2v) is 6.62. The summed E-state index contributed by atoms with van der Waals surface area (Å²) in [5.74, 6) is -0.256. The van der Waals surface area contributed by atoms with E-state index in [9.17, 15) is 9.59 Å². The van der Waals surface area contributed by atoms with E-state index >= 15 is 0 Å². The number of aromatic amines is 1. The number of benzene rings is 2. The first-order valence-electron chi connectivity index (χ1n) is 9.16. The summed E-state index contributed by atoms with van der Waals surface area (Å²) in [6.07, 6.45) is 0. The summed E-state index contributed by atoms with van der Waals surface area (Å²) in [5, 5.41) is 4.70. The first kappa shape index (κ1) is 21.5. The summed E-state index contributed by atoms with van der Waals surface area (Å²) in [6.45, 7) is 3.11. The topological polar surface area (TPSA) is 98.2 Å². The van der Waals surface area contributed by atoms with E-state index in [2.05, 4.69) is 30.9 Å². The monoisotopic (exact) mass is 417 g/mol. The molecule has 0 bridgehead atoms. The zero-order valence-electron chi connectivity index (χ0n) is 16.5. The molecule has 0 fully saturated rings. The van der Waals surface area contributed by atoms with Crippen LogP contribution in [0.25, 0.3) is 39.0 Å². The SMILES string of the molecule is C.C=NC.Cn1c2ccccc2c2c1ccc(=O)n2-c1ccc(-c2noc(=O)[nH]2)cc1. The highest BCUT2D eigenvalue weighted by atomic mass is 16.5. The number of H-pyrrole nitrogens is 1. The first-order valence-corrected chi connectivity index (χ1v) is 9.16. The molecule has 0 aliphatic carbocycles. The summed E-state index contributed by atoms with van der Waals surface area (Å²) in [5.41, 5.74) is 4.22. The van der Waals surface area contributed by atoms with Crippen molar-refractivity contribution < 1.29 is 4.52 Å².